The third kappa shape index (κ3) is 2.85. The van der Waals surface area contributed by atoms with Gasteiger partial charge in [-0.05, 0) is 24.3 Å². The zero-order chi connectivity index (χ0) is 13.8. The fourth-order valence-corrected chi connectivity index (χ4v) is 3.08. The van der Waals surface area contributed by atoms with Gasteiger partial charge < -0.3 is 0 Å². The lowest BCUT2D eigenvalue weighted by molar-refractivity contribution is 0.915. The Hall–Kier alpha value is -1.82. The molecule has 2 aromatic rings. The van der Waals surface area contributed by atoms with Crippen LogP contribution < -0.4 is 5.43 Å². The Balaban J connectivity index is 1.77. The predicted octanol–water partition coefficient (Wildman–Crippen LogP) is 2.78. The largest absolute Gasteiger partial charge is 0.295 e. The molecule has 3 rings (SSSR count). The molecule has 0 aliphatic carbocycles. The molecular weight excluding hydrogens is 270 g/mol. The molecule has 1 N–H and O–H groups in total. The lowest BCUT2D eigenvalue weighted by Crippen LogP contribution is -2.11. The first-order valence-electron chi connectivity index (χ1n) is 6.68. The van der Waals surface area contributed by atoms with E-state index in [2.05, 4.69) is 20.7 Å². The minimum absolute atomic E-state index is 0.676. The highest BCUT2D eigenvalue weighted by Gasteiger charge is 2.11. The first kappa shape index (κ1) is 13.2. The SMILES string of the molecule is Cn1c(NN=C2CCSCC2)nnc1-c1ccccc1. The number of aromatic nitrogens is 3. The summed E-state index contributed by atoms with van der Waals surface area (Å²) in [5, 5.41) is 12.8. The maximum absolute atomic E-state index is 4.45. The van der Waals surface area contributed by atoms with Crippen LogP contribution in [-0.4, -0.2) is 32.0 Å². The minimum Gasteiger partial charge on any atom is -0.295 e. The van der Waals surface area contributed by atoms with E-state index in [0.29, 0.717) is 5.95 Å². The van der Waals surface area contributed by atoms with Crippen molar-refractivity contribution >= 4 is 23.4 Å². The van der Waals surface area contributed by atoms with Gasteiger partial charge in [0.05, 0.1) is 0 Å². The molecule has 6 heteroatoms. The fraction of sp³-hybridized carbons (Fsp3) is 0.357. The normalized spacial score (nSPS) is 15.2. The molecule has 1 aliphatic rings. The lowest BCUT2D eigenvalue weighted by atomic mass is 10.2. The Kier molecular flexibility index (Phi) is 4.01. The van der Waals surface area contributed by atoms with Crippen LogP contribution in [0.3, 0.4) is 0 Å². The number of nitrogens with zero attached hydrogens (tertiary/aromatic N) is 4. The topological polar surface area (TPSA) is 55.1 Å². The molecule has 1 aromatic heterocycles. The molecule has 0 spiro atoms. The van der Waals surface area contributed by atoms with E-state index in [1.54, 1.807) is 0 Å². The molecule has 2 heterocycles. The molecule has 0 atom stereocenters. The number of benzene rings is 1. The maximum atomic E-state index is 4.45. The Bertz CT molecular complexity index is 597. The molecule has 0 amide bonds. The zero-order valence-corrected chi connectivity index (χ0v) is 12.2. The second-order valence-corrected chi connectivity index (χ2v) is 5.90. The lowest BCUT2D eigenvalue weighted by Gasteiger charge is -2.12. The fourth-order valence-electron chi connectivity index (χ4n) is 2.11. The van der Waals surface area contributed by atoms with Crippen molar-refractivity contribution in [3.05, 3.63) is 30.3 Å². The smallest absolute Gasteiger partial charge is 0.245 e. The van der Waals surface area contributed by atoms with Crippen LogP contribution in [0.4, 0.5) is 5.95 Å². The highest BCUT2D eigenvalue weighted by molar-refractivity contribution is 7.99. The van der Waals surface area contributed by atoms with E-state index in [0.717, 1.165) is 35.7 Å². The summed E-state index contributed by atoms with van der Waals surface area (Å²) < 4.78 is 1.93. The van der Waals surface area contributed by atoms with Gasteiger partial charge in [0.1, 0.15) is 0 Å². The van der Waals surface area contributed by atoms with Crippen molar-refractivity contribution in [2.45, 2.75) is 12.8 Å². The van der Waals surface area contributed by atoms with E-state index >= 15 is 0 Å². The highest BCUT2D eigenvalue weighted by Crippen LogP contribution is 2.19. The molecule has 0 radical (unpaired) electrons. The van der Waals surface area contributed by atoms with Gasteiger partial charge in [-0.25, -0.2) is 5.43 Å². The van der Waals surface area contributed by atoms with Gasteiger partial charge in [0.15, 0.2) is 5.82 Å². The minimum atomic E-state index is 0.676. The number of hydrogen-bond acceptors (Lipinski definition) is 5. The van der Waals surface area contributed by atoms with Crippen molar-refractivity contribution in [1.82, 2.24) is 14.8 Å². The molecule has 104 valence electrons. The van der Waals surface area contributed by atoms with E-state index in [9.17, 15) is 0 Å². The van der Waals surface area contributed by atoms with Crippen LogP contribution in [0.25, 0.3) is 11.4 Å². The maximum Gasteiger partial charge on any atom is 0.245 e. The molecule has 1 saturated heterocycles. The first-order chi connectivity index (χ1) is 9.84. The Morgan fingerprint density at radius 3 is 2.65 bits per heavy atom. The summed E-state index contributed by atoms with van der Waals surface area (Å²) in [5.74, 6) is 3.84. The molecule has 1 fully saturated rings. The third-order valence-corrected chi connectivity index (χ3v) is 4.28. The number of rotatable bonds is 3. The van der Waals surface area contributed by atoms with Gasteiger partial charge in [-0.15, -0.1) is 10.2 Å². The van der Waals surface area contributed by atoms with E-state index < -0.39 is 0 Å². The number of hydrazone groups is 1. The monoisotopic (exact) mass is 287 g/mol. The van der Waals surface area contributed by atoms with Crippen LogP contribution >= 0.6 is 11.8 Å². The average molecular weight is 287 g/mol. The van der Waals surface area contributed by atoms with Crippen LogP contribution in [0.15, 0.2) is 35.4 Å². The van der Waals surface area contributed by atoms with Crippen molar-refractivity contribution in [2.75, 3.05) is 16.9 Å². The van der Waals surface area contributed by atoms with Crippen molar-refractivity contribution < 1.29 is 0 Å². The predicted molar refractivity (Wildman–Crippen MR) is 84.1 cm³/mol. The van der Waals surface area contributed by atoms with Gasteiger partial charge in [-0.2, -0.15) is 16.9 Å². The van der Waals surface area contributed by atoms with Crippen LogP contribution in [0, 0.1) is 0 Å². The molecule has 20 heavy (non-hydrogen) atoms. The van der Waals surface area contributed by atoms with Gasteiger partial charge in [0.2, 0.25) is 5.95 Å². The van der Waals surface area contributed by atoms with Gasteiger partial charge in [-0.3, -0.25) is 4.57 Å². The molecule has 0 unspecified atom stereocenters. The summed E-state index contributed by atoms with van der Waals surface area (Å²) in [6.07, 6.45) is 2.11. The van der Waals surface area contributed by atoms with Gasteiger partial charge in [0.25, 0.3) is 0 Å². The third-order valence-electron chi connectivity index (χ3n) is 3.29. The van der Waals surface area contributed by atoms with E-state index in [1.165, 1.54) is 5.71 Å². The number of nitrogens with one attached hydrogen (secondary N) is 1. The average Bonchev–Trinajstić information content (AvgIpc) is 2.88. The van der Waals surface area contributed by atoms with Crippen molar-refractivity contribution in [2.24, 2.45) is 12.1 Å². The first-order valence-corrected chi connectivity index (χ1v) is 7.84. The molecule has 0 bridgehead atoms. The molecule has 1 aliphatic heterocycles. The summed E-state index contributed by atoms with van der Waals surface area (Å²) >= 11 is 1.98. The molecule has 1 aromatic carbocycles. The van der Waals surface area contributed by atoms with Gasteiger partial charge in [0, 0.05) is 18.3 Å². The number of thioether (sulfide) groups is 1. The second-order valence-electron chi connectivity index (χ2n) is 4.67. The van der Waals surface area contributed by atoms with Gasteiger partial charge >= 0.3 is 0 Å². The zero-order valence-electron chi connectivity index (χ0n) is 11.4. The molecular formula is C14H17N5S. The Morgan fingerprint density at radius 2 is 1.90 bits per heavy atom. The van der Waals surface area contributed by atoms with Gasteiger partial charge in [-0.1, -0.05) is 30.3 Å². The van der Waals surface area contributed by atoms with Crippen molar-refractivity contribution in [3.63, 3.8) is 0 Å². The van der Waals surface area contributed by atoms with Crippen LogP contribution in [0.1, 0.15) is 12.8 Å². The number of anilines is 1. The Labute approximate surface area is 122 Å². The Morgan fingerprint density at radius 1 is 1.15 bits per heavy atom. The van der Waals surface area contributed by atoms with Crippen molar-refractivity contribution in [3.8, 4) is 11.4 Å². The van der Waals surface area contributed by atoms with E-state index in [1.807, 2.05) is 53.7 Å². The summed E-state index contributed by atoms with van der Waals surface area (Å²) in [4.78, 5) is 0. The summed E-state index contributed by atoms with van der Waals surface area (Å²) in [7, 11) is 1.95. The highest BCUT2D eigenvalue weighted by atomic mass is 32.2. The van der Waals surface area contributed by atoms with E-state index in [-0.39, 0.29) is 0 Å². The molecule has 0 saturated carbocycles. The summed E-state index contributed by atoms with van der Waals surface area (Å²) in [5.41, 5.74) is 5.31. The quantitative estimate of drug-likeness (QED) is 0.882. The summed E-state index contributed by atoms with van der Waals surface area (Å²) in [6.45, 7) is 0. The van der Waals surface area contributed by atoms with Crippen molar-refractivity contribution in [1.29, 1.82) is 0 Å². The van der Waals surface area contributed by atoms with Crippen LogP contribution in [0.5, 0.6) is 0 Å². The van der Waals surface area contributed by atoms with Crippen LogP contribution in [-0.2, 0) is 7.05 Å². The summed E-state index contributed by atoms with van der Waals surface area (Å²) in [6, 6.07) is 10.0. The van der Waals surface area contributed by atoms with E-state index in [4.69, 9.17) is 0 Å². The number of hydrogen-bond donors (Lipinski definition) is 1. The molecule has 5 nitrogen and oxygen atoms in total. The standard InChI is InChI=1S/C14H17N5S/c1-19-13(11-5-3-2-4-6-11)16-18-14(19)17-15-12-7-9-20-10-8-12/h2-6H,7-10H2,1H3,(H,17,18). The second kappa shape index (κ2) is 6.09. The van der Waals surface area contributed by atoms with Crippen LogP contribution in [0.2, 0.25) is 0 Å².